The van der Waals surface area contributed by atoms with Gasteiger partial charge in [-0.25, -0.2) is 0 Å². The first-order valence-electron chi connectivity index (χ1n) is 5.20. The molecule has 78 valence electrons. The molecule has 0 saturated heterocycles. The van der Waals surface area contributed by atoms with Crippen molar-refractivity contribution in [2.45, 2.75) is 46.1 Å². The first kappa shape index (κ1) is 12.4. The van der Waals surface area contributed by atoms with Gasteiger partial charge in [0, 0.05) is 6.04 Å². The first-order valence-corrected chi connectivity index (χ1v) is 5.20. The minimum Gasteiger partial charge on any atom is -0.481 e. The number of nitrogens with one attached hydrogen (secondary N) is 1. The van der Waals surface area contributed by atoms with Crippen molar-refractivity contribution in [2.75, 3.05) is 6.54 Å². The average Bonchev–Trinajstić information content (AvgIpc) is 2.57. The van der Waals surface area contributed by atoms with Crippen molar-refractivity contribution < 1.29 is 9.90 Å². The number of hydrogen-bond acceptors (Lipinski definition) is 2. The zero-order chi connectivity index (χ0) is 10.3. The van der Waals surface area contributed by atoms with Crippen molar-refractivity contribution in [1.29, 1.82) is 0 Å². The zero-order valence-electron chi connectivity index (χ0n) is 8.84. The van der Waals surface area contributed by atoms with E-state index in [2.05, 4.69) is 5.32 Å². The van der Waals surface area contributed by atoms with E-state index >= 15 is 0 Å². The van der Waals surface area contributed by atoms with Crippen molar-refractivity contribution >= 4 is 5.97 Å². The molecule has 0 spiro atoms. The lowest BCUT2D eigenvalue weighted by Crippen LogP contribution is -2.26. The van der Waals surface area contributed by atoms with Crippen LogP contribution in [0.25, 0.3) is 0 Å². The van der Waals surface area contributed by atoms with E-state index in [1.165, 1.54) is 0 Å². The number of carboxylic acids is 1. The van der Waals surface area contributed by atoms with Crippen LogP contribution in [0, 0.1) is 5.92 Å². The van der Waals surface area contributed by atoms with E-state index in [0.29, 0.717) is 6.04 Å². The molecule has 2 unspecified atom stereocenters. The fourth-order valence-electron chi connectivity index (χ4n) is 1.68. The van der Waals surface area contributed by atoms with Gasteiger partial charge >= 0.3 is 5.97 Å². The Bertz CT molecular complexity index is 148. The second-order valence-corrected chi connectivity index (χ2v) is 3.10. The van der Waals surface area contributed by atoms with E-state index in [1.54, 1.807) is 0 Å². The quantitative estimate of drug-likeness (QED) is 0.709. The monoisotopic (exact) mass is 187 g/mol. The first-order chi connectivity index (χ1) is 6.24. The summed E-state index contributed by atoms with van der Waals surface area (Å²) in [5.41, 5.74) is 0. The Morgan fingerprint density at radius 3 is 2.46 bits per heavy atom. The summed E-state index contributed by atoms with van der Waals surface area (Å²) in [5, 5.41) is 11.9. The highest BCUT2D eigenvalue weighted by atomic mass is 16.4. The molecule has 1 saturated carbocycles. The molecular weight excluding hydrogens is 166 g/mol. The highest BCUT2D eigenvalue weighted by molar-refractivity contribution is 5.70. The molecule has 1 fully saturated rings. The molecule has 1 aliphatic carbocycles. The predicted molar refractivity (Wildman–Crippen MR) is 53.8 cm³/mol. The maximum Gasteiger partial charge on any atom is 0.306 e. The number of hydrogen-bond donors (Lipinski definition) is 2. The van der Waals surface area contributed by atoms with Crippen molar-refractivity contribution in [3.05, 3.63) is 0 Å². The average molecular weight is 187 g/mol. The van der Waals surface area contributed by atoms with E-state index in [4.69, 9.17) is 5.11 Å². The standard InChI is InChI=1S/C8H15NO2.C2H6/c1-2-9-7-4-3-6(5-7)8(10)11;1-2/h6-7,9H,2-5H2,1H3,(H,10,11);1-2H3. The SMILES string of the molecule is CC.CCNC1CCC(C(=O)O)C1. The smallest absolute Gasteiger partial charge is 0.306 e. The highest BCUT2D eigenvalue weighted by Crippen LogP contribution is 2.25. The van der Waals surface area contributed by atoms with Crippen molar-refractivity contribution in [3.8, 4) is 0 Å². The van der Waals surface area contributed by atoms with Crippen molar-refractivity contribution in [2.24, 2.45) is 5.92 Å². The van der Waals surface area contributed by atoms with Gasteiger partial charge in [-0.1, -0.05) is 20.8 Å². The van der Waals surface area contributed by atoms with Crippen molar-refractivity contribution in [3.63, 3.8) is 0 Å². The van der Waals surface area contributed by atoms with Gasteiger partial charge in [-0.05, 0) is 25.8 Å². The van der Waals surface area contributed by atoms with E-state index in [0.717, 1.165) is 25.8 Å². The second-order valence-electron chi connectivity index (χ2n) is 3.10. The molecule has 2 atom stereocenters. The van der Waals surface area contributed by atoms with E-state index in [1.807, 2.05) is 20.8 Å². The van der Waals surface area contributed by atoms with E-state index in [9.17, 15) is 4.79 Å². The lowest BCUT2D eigenvalue weighted by molar-refractivity contribution is -0.141. The fourth-order valence-corrected chi connectivity index (χ4v) is 1.68. The Kier molecular flexibility index (Phi) is 6.59. The molecule has 0 radical (unpaired) electrons. The topological polar surface area (TPSA) is 49.3 Å². The largest absolute Gasteiger partial charge is 0.481 e. The maximum atomic E-state index is 10.5. The number of carboxylic acid groups (broad SMARTS) is 1. The van der Waals surface area contributed by atoms with Crippen LogP contribution in [0.3, 0.4) is 0 Å². The molecule has 1 rings (SSSR count). The van der Waals surface area contributed by atoms with Crippen LogP contribution < -0.4 is 5.32 Å². The van der Waals surface area contributed by atoms with E-state index < -0.39 is 5.97 Å². The van der Waals surface area contributed by atoms with Crippen LogP contribution in [0.4, 0.5) is 0 Å². The summed E-state index contributed by atoms with van der Waals surface area (Å²) >= 11 is 0. The molecular formula is C10H21NO2. The van der Waals surface area contributed by atoms with Crippen LogP contribution in [-0.2, 0) is 4.79 Å². The Labute approximate surface area is 80.5 Å². The van der Waals surface area contributed by atoms with Gasteiger partial charge in [0.1, 0.15) is 0 Å². The van der Waals surface area contributed by atoms with Gasteiger partial charge in [-0.2, -0.15) is 0 Å². The number of carbonyl (C=O) groups is 1. The molecule has 0 aromatic rings. The third-order valence-electron chi connectivity index (χ3n) is 2.27. The summed E-state index contributed by atoms with van der Waals surface area (Å²) in [4.78, 5) is 10.5. The molecule has 1 aliphatic rings. The third-order valence-corrected chi connectivity index (χ3v) is 2.27. The summed E-state index contributed by atoms with van der Waals surface area (Å²) in [6.45, 7) is 6.99. The molecule has 0 aromatic heterocycles. The second kappa shape index (κ2) is 6.89. The van der Waals surface area contributed by atoms with Gasteiger partial charge in [0.15, 0.2) is 0 Å². The van der Waals surface area contributed by atoms with Crippen LogP contribution >= 0.6 is 0 Å². The molecule has 0 bridgehead atoms. The summed E-state index contributed by atoms with van der Waals surface area (Å²) in [6.07, 6.45) is 2.67. The van der Waals surface area contributed by atoms with E-state index in [-0.39, 0.29) is 5.92 Å². The predicted octanol–water partition coefficient (Wildman–Crippen LogP) is 1.88. The molecule has 2 N–H and O–H groups in total. The Morgan fingerprint density at radius 1 is 1.46 bits per heavy atom. The Hall–Kier alpha value is -0.570. The fraction of sp³-hybridized carbons (Fsp3) is 0.900. The third kappa shape index (κ3) is 4.27. The van der Waals surface area contributed by atoms with Crippen LogP contribution in [0.15, 0.2) is 0 Å². The molecule has 0 aliphatic heterocycles. The summed E-state index contributed by atoms with van der Waals surface area (Å²) < 4.78 is 0. The molecule has 0 heterocycles. The van der Waals surface area contributed by atoms with Gasteiger partial charge < -0.3 is 10.4 Å². The molecule has 13 heavy (non-hydrogen) atoms. The molecule has 3 heteroatoms. The molecule has 0 aromatic carbocycles. The zero-order valence-corrected chi connectivity index (χ0v) is 8.84. The maximum absolute atomic E-state index is 10.5. The number of rotatable bonds is 3. The summed E-state index contributed by atoms with van der Waals surface area (Å²) in [7, 11) is 0. The van der Waals surface area contributed by atoms with Gasteiger partial charge in [0.2, 0.25) is 0 Å². The van der Waals surface area contributed by atoms with Gasteiger partial charge in [0.25, 0.3) is 0 Å². The van der Waals surface area contributed by atoms with Crippen LogP contribution in [-0.4, -0.2) is 23.7 Å². The van der Waals surface area contributed by atoms with Crippen LogP contribution in [0.2, 0.25) is 0 Å². The molecule has 3 nitrogen and oxygen atoms in total. The van der Waals surface area contributed by atoms with Crippen LogP contribution in [0.1, 0.15) is 40.0 Å². The van der Waals surface area contributed by atoms with Crippen LogP contribution in [0.5, 0.6) is 0 Å². The normalized spacial score (nSPS) is 26.4. The lowest BCUT2D eigenvalue weighted by atomic mass is 10.1. The Morgan fingerprint density at radius 2 is 2.08 bits per heavy atom. The minimum absolute atomic E-state index is 0.0981. The number of aliphatic carboxylic acids is 1. The molecule has 0 amide bonds. The van der Waals surface area contributed by atoms with Gasteiger partial charge in [-0.15, -0.1) is 0 Å². The van der Waals surface area contributed by atoms with Gasteiger partial charge in [0.05, 0.1) is 5.92 Å². The highest BCUT2D eigenvalue weighted by Gasteiger charge is 2.28. The summed E-state index contributed by atoms with van der Waals surface area (Å²) in [6, 6.07) is 0.445. The lowest BCUT2D eigenvalue weighted by Gasteiger charge is -2.08. The Balaban J connectivity index is 0.000000671. The minimum atomic E-state index is -0.634. The van der Waals surface area contributed by atoms with Crippen molar-refractivity contribution in [1.82, 2.24) is 5.32 Å². The summed E-state index contributed by atoms with van der Waals surface area (Å²) in [5.74, 6) is -0.732. The van der Waals surface area contributed by atoms with Gasteiger partial charge in [-0.3, -0.25) is 4.79 Å².